The normalized spacial score (nSPS) is 16.9. The topological polar surface area (TPSA) is 110 Å². The van der Waals surface area contributed by atoms with E-state index in [1.807, 2.05) is 0 Å². The molecule has 3 N–H and O–H groups in total. The lowest BCUT2D eigenvalue weighted by molar-refractivity contribution is 0.482. The zero-order chi connectivity index (χ0) is 20.8. The Morgan fingerprint density at radius 1 is 1.33 bits per heavy atom. The fraction of sp³-hybridized carbons (Fsp3) is 0.300. The molecule has 0 spiro atoms. The number of aryl methyl sites for hydroxylation is 1. The summed E-state index contributed by atoms with van der Waals surface area (Å²) in [6, 6.07) is 7.55. The molecule has 1 saturated heterocycles. The summed E-state index contributed by atoms with van der Waals surface area (Å²) < 4.78 is 16.0. The number of benzene rings is 1. The highest BCUT2D eigenvalue weighted by Crippen LogP contribution is 2.30. The molecule has 0 aliphatic carbocycles. The van der Waals surface area contributed by atoms with Gasteiger partial charge in [0.05, 0.1) is 10.9 Å². The van der Waals surface area contributed by atoms with Crippen molar-refractivity contribution in [2.45, 2.75) is 13.0 Å². The summed E-state index contributed by atoms with van der Waals surface area (Å²) in [7, 11) is 1.75. The molecular formula is C20H20FN9. The van der Waals surface area contributed by atoms with Crippen LogP contribution in [0.5, 0.6) is 0 Å². The van der Waals surface area contributed by atoms with Crippen molar-refractivity contribution in [2.24, 2.45) is 7.05 Å². The molecule has 4 heterocycles. The van der Waals surface area contributed by atoms with Crippen molar-refractivity contribution in [1.82, 2.24) is 30.3 Å². The van der Waals surface area contributed by atoms with Gasteiger partial charge in [-0.15, -0.1) is 0 Å². The number of anilines is 3. The van der Waals surface area contributed by atoms with Gasteiger partial charge in [-0.25, -0.2) is 9.37 Å². The maximum atomic E-state index is 14.4. The Hall–Kier alpha value is -3.71. The predicted molar refractivity (Wildman–Crippen MR) is 112 cm³/mol. The summed E-state index contributed by atoms with van der Waals surface area (Å²) in [6.45, 7) is 4.60. The van der Waals surface area contributed by atoms with E-state index in [-0.39, 0.29) is 0 Å². The van der Waals surface area contributed by atoms with Gasteiger partial charge in [-0.05, 0) is 25.1 Å². The summed E-state index contributed by atoms with van der Waals surface area (Å²) in [5, 5.41) is 28.9. The number of rotatable bonds is 3. The van der Waals surface area contributed by atoms with E-state index in [0.29, 0.717) is 45.0 Å². The molecule has 1 unspecified atom stereocenters. The fourth-order valence-corrected chi connectivity index (χ4v) is 3.92. The van der Waals surface area contributed by atoms with Crippen LogP contribution in [-0.2, 0) is 7.05 Å². The molecular weight excluding hydrogens is 385 g/mol. The van der Waals surface area contributed by atoms with Gasteiger partial charge in [0.2, 0.25) is 0 Å². The van der Waals surface area contributed by atoms with E-state index in [1.54, 1.807) is 30.1 Å². The fourth-order valence-electron chi connectivity index (χ4n) is 3.92. The quantitative estimate of drug-likeness (QED) is 0.480. The zero-order valence-corrected chi connectivity index (χ0v) is 16.6. The highest BCUT2D eigenvalue weighted by atomic mass is 19.1. The first kappa shape index (κ1) is 18.3. The van der Waals surface area contributed by atoms with Crippen LogP contribution in [-0.4, -0.2) is 50.6 Å². The number of nitriles is 1. The number of H-pyrrole nitrogens is 1. The van der Waals surface area contributed by atoms with Crippen LogP contribution in [0.15, 0.2) is 24.4 Å². The highest BCUT2D eigenvalue weighted by molar-refractivity contribution is 5.95. The number of pyridine rings is 1. The van der Waals surface area contributed by atoms with Gasteiger partial charge < -0.3 is 15.5 Å². The summed E-state index contributed by atoms with van der Waals surface area (Å²) in [4.78, 5) is 6.80. The number of aromatic amines is 1. The van der Waals surface area contributed by atoms with Crippen molar-refractivity contribution in [3.63, 3.8) is 0 Å². The van der Waals surface area contributed by atoms with Crippen molar-refractivity contribution < 1.29 is 4.39 Å². The minimum atomic E-state index is -0.423. The SMILES string of the molecule is CC1CN(c2cc(C#N)c3c(Nc4cc(F)c5nn(C)cc5c4)[nH]nc3n2)CCN1. The Balaban J connectivity index is 1.53. The van der Waals surface area contributed by atoms with E-state index in [9.17, 15) is 9.65 Å². The molecule has 152 valence electrons. The number of piperazine rings is 1. The van der Waals surface area contributed by atoms with Gasteiger partial charge in [-0.1, -0.05) is 0 Å². The van der Waals surface area contributed by atoms with Gasteiger partial charge in [0.15, 0.2) is 11.5 Å². The van der Waals surface area contributed by atoms with Crippen molar-refractivity contribution in [3.8, 4) is 6.07 Å². The molecule has 10 heteroatoms. The molecule has 30 heavy (non-hydrogen) atoms. The minimum Gasteiger partial charge on any atom is -0.354 e. The standard InChI is InChI=1S/C20H20FN9/c1-11-9-30(4-3-23-11)16-6-12(8-22)17-19(26-27-20(17)25-16)24-14-5-13-10-29(2)28-18(13)15(21)7-14/h5-7,10-11,23H,3-4,9H2,1-2H3,(H2,24,25,26,27). The third-order valence-corrected chi connectivity index (χ3v) is 5.27. The number of halogens is 1. The Morgan fingerprint density at radius 3 is 3.00 bits per heavy atom. The number of nitrogens with one attached hydrogen (secondary N) is 3. The lowest BCUT2D eigenvalue weighted by Crippen LogP contribution is -2.49. The first-order valence-electron chi connectivity index (χ1n) is 9.69. The van der Waals surface area contributed by atoms with E-state index in [2.05, 4.69) is 48.8 Å². The molecule has 0 saturated carbocycles. The van der Waals surface area contributed by atoms with Gasteiger partial charge in [0.1, 0.15) is 23.2 Å². The molecule has 1 aromatic carbocycles. The average Bonchev–Trinajstić information content (AvgIpc) is 3.30. The second-order valence-electron chi connectivity index (χ2n) is 7.56. The lowest BCUT2D eigenvalue weighted by atomic mass is 10.1. The summed E-state index contributed by atoms with van der Waals surface area (Å²) >= 11 is 0. The Morgan fingerprint density at radius 2 is 2.20 bits per heavy atom. The second-order valence-corrected chi connectivity index (χ2v) is 7.56. The molecule has 0 bridgehead atoms. The predicted octanol–water partition coefficient (Wildman–Crippen LogP) is 2.40. The molecule has 0 amide bonds. The van der Waals surface area contributed by atoms with Gasteiger partial charge >= 0.3 is 0 Å². The third kappa shape index (κ3) is 3.09. The second kappa shape index (κ2) is 6.96. The number of hydrogen-bond acceptors (Lipinski definition) is 7. The molecule has 1 fully saturated rings. The Labute approximate surface area is 171 Å². The van der Waals surface area contributed by atoms with Crippen molar-refractivity contribution >= 4 is 39.3 Å². The lowest BCUT2D eigenvalue weighted by Gasteiger charge is -2.32. The molecule has 9 nitrogen and oxygen atoms in total. The van der Waals surface area contributed by atoms with E-state index in [1.165, 1.54) is 6.07 Å². The molecule has 1 aliphatic rings. The van der Waals surface area contributed by atoms with Crippen LogP contribution in [0.2, 0.25) is 0 Å². The van der Waals surface area contributed by atoms with Gasteiger partial charge in [-0.3, -0.25) is 9.78 Å². The molecule has 0 radical (unpaired) electrons. The highest BCUT2D eigenvalue weighted by Gasteiger charge is 2.21. The van der Waals surface area contributed by atoms with Crippen LogP contribution in [0.3, 0.4) is 0 Å². The smallest absolute Gasteiger partial charge is 0.186 e. The van der Waals surface area contributed by atoms with Crippen LogP contribution < -0.4 is 15.5 Å². The summed E-state index contributed by atoms with van der Waals surface area (Å²) in [5.74, 6) is 0.804. The number of aromatic nitrogens is 5. The maximum Gasteiger partial charge on any atom is 0.186 e. The summed E-state index contributed by atoms with van der Waals surface area (Å²) in [5.41, 5.74) is 1.75. The minimum absolute atomic E-state index is 0.312. The third-order valence-electron chi connectivity index (χ3n) is 5.27. The van der Waals surface area contributed by atoms with Crippen LogP contribution in [0.25, 0.3) is 21.9 Å². The van der Waals surface area contributed by atoms with Gasteiger partial charge in [0.25, 0.3) is 0 Å². The van der Waals surface area contributed by atoms with Crippen molar-refractivity contribution in [3.05, 3.63) is 35.8 Å². The van der Waals surface area contributed by atoms with Crippen LogP contribution in [0, 0.1) is 17.1 Å². The molecule has 5 rings (SSSR count). The van der Waals surface area contributed by atoms with Crippen LogP contribution in [0.4, 0.5) is 21.7 Å². The van der Waals surface area contributed by atoms with Gasteiger partial charge in [0, 0.05) is 50.0 Å². The van der Waals surface area contributed by atoms with E-state index >= 15 is 0 Å². The first-order valence-corrected chi connectivity index (χ1v) is 9.69. The first-order chi connectivity index (χ1) is 14.5. The summed E-state index contributed by atoms with van der Waals surface area (Å²) in [6.07, 6.45) is 1.75. The van der Waals surface area contributed by atoms with E-state index in [4.69, 9.17) is 0 Å². The molecule has 3 aromatic heterocycles. The number of hydrogen-bond donors (Lipinski definition) is 3. The van der Waals surface area contributed by atoms with Crippen LogP contribution >= 0.6 is 0 Å². The van der Waals surface area contributed by atoms with Crippen LogP contribution in [0.1, 0.15) is 12.5 Å². The number of fused-ring (bicyclic) bond motifs is 2. The Bertz CT molecular complexity index is 1300. The molecule has 1 aliphatic heterocycles. The average molecular weight is 405 g/mol. The Kier molecular flexibility index (Phi) is 4.25. The van der Waals surface area contributed by atoms with E-state index < -0.39 is 5.82 Å². The van der Waals surface area contributed by atoms with Gasteiger partial charge in [-0.2, -0.15) is 15.5 Å². The largest absolute Gasteiger partial charge is 0.354 e. The van der Waals surface area contributed by atoms with Crippen molar-refractivity contribution in [1.29, 1.82) is 5.26 Å². The molecule has 1 atom stereocenters. The molecule has 4 aromatic rings. The monoisotopic (exact) mass is 405 g/mol. The maximum absolute atomic E-state index is 14.4. The van der Waals surface area contributed by atoms with Crippen molar-refractivity contribution in [2.75, 3.05) is 29.9 Å². The number of nitrogens with zero attached hydrogens (tertiary/aromatic N) is 6. The zero-order valence-electron chi connectivity index (χ0n) is 16.6. The van der Waals surface area contributed by atoms with E-state index in [0.717, 1.165) is 25.5 Å².